The molecule has 3 aromatic carbocycles. The number of rotatable bonds is 3. The highest BCUT2D eigenvalue weighted by atomic mass is 32.2. The molecule has 0 unspecified atom stereocenters. The summed E-state index contributed by atoms with van der Waals surface area (Å²) in [5, 5.41) is 5.12. The highest BCUT2D eigenvalue weighted by molar-refractivity contribution is 7.89. The van der Waals surface area contributed by atoms with Crippen LogP contribution in [0.5, 0.6) is 0 Å². The topological polar surface area (TPSA) is 60.2 Å². The van der Waals surface area contributed by atoms with Crippen LogP contribution < -0.4 is 5.14 Å². The van der Waals surface area contributed by atoms with Gasteiger partial charge in [0.2, 0.25) is 10.0 Å². The second-order valence-electron chi connectivity index (χ2n) is 6.01. The number of nitrogens with two attached hydrogens (primary N) is 1. The minimum absolute atomic E-state index is 0.0349. The van der Waals surface area contributed by atoms with Gasteiger partial charge in [0.05, 0.1) is 4.90 Å². The summed E-state index contributed by atoms with van der Waals surface area (Å²) in [6, 6.07) is 7.76. The Labute approximate surface area is 157 Å². The van der Waals surface area contributed by atoms with Crippen LogP contribution in [0.1, 0.15) is 5.56 Å². The van der Waals surface area contributed by atoms with E-state index in [1.165, 1.54) is 19.1 Å². The lowest BCUT2D eigenvalue weighted by atomic mass is 9.92. The molecular weight excluding hydrogens is 401 g/mol. The Bertz CT molecular complexity index is 1210. The molecule has 0 atom stereocenters. The maximum absolute atomic E-state index is 14.7. The number of halogens is 5. The van der Waals surface area contributed by atoms with Gasteiger partial charge < -0.3 is 0 Å². The third kappa shape index (κ3) is 3.27. The Morgan fingerprint density at radius 3 is 1.93 bits per heavy atom. The van der Waals surface area contributed by atoms with Crippen LogP contribution in [0.3, 0.4) is 0 Å². The van der Waals surface area contributed by atoms with E-state index < -0.39 is 60.7 Å². The van der Waals surface area contributed by atoms with Crippen LogP contribution in [0.25, 0.3) is 22.3 Å². The Balaban J connectivity index is 2.52. The van der Waals surface area contributed by atoms with Crippen molar-refractivity contribution < 1.29 is 30.4 Å². The fourth-order valence-electron chi connectivity index (χ4n) is 2.88. The van der Waals surface area contributed by atoms with Gasteiger partial charge in [-0.25, -0.2) is 35.5 Å². The predicted molar refractivity (Wildman–Crippen MR) is 93.2 cm³/mol. The molecule has 0 fully saturated rings. The number of sulfonamides is 1. The molecule has 0 amide bonds. The number of hydrogen-bond acceptors (Lipinski definition) is 2. The van der Waals surface area contributed by atoms with Crippen molar-refractivity contribution in [1.82, 2.24) is 0 Å². The maximum atomic E-state index is 14.7. The first-order valence-corrected chi connectivity index (χ1v) is 9.33. The summed E-state index contributed by atoms with van der Waals surface area (Å²) in [6.45, 7) is 1.34. The van der Waals surface area contributed by atoms with Gasteiger partial charge in [0.15, 0.2) is 23.3 Å². The molecule has 28 heavy (non-hydrogen) atoms. The average molecular weight is 413 g/mol. The summed E-state index contributed by atoms with van der Waals surface area (Å²) in [4.78, 5) is -0.612. The molecule has 0 saturated carbocycles. The van der Waals surface area contributed by atoms with Crippen molar-refractivity contribution in [3.63, 3.8) is 0 Å². The zero-order chi connectivity index (χ0) is 20.8. The molecule has 0 spiro atoms. The van der Waals surface area contributed by atoms with Gasteiger partial charge in [0.1, 0.15) is 5.82 Å². The van der Waals surface area contributed by atoms with E-state index in [1.54, 1.807) is 0 Å². The summed E-state index contributed by atoms with van der Waals surface area (Å²) in [6.07, 6.45) is 0. The first kappa shape index (κ1) is 20.0. The van der Waals surface area contributed by atoms with Gasteiger partial charge in [0, 0.05) is 16.7 Å². The summed E-state index contributed by atoms with van der Waals surface area (Å²) >= 11 is 0. The van der Waals surface area contributed by atoms with Crippen molar-refractivity contribution in [2.24, 2.45) is 5.14 Å². The fraction of sp³-hybridized carbons (Fsp3) is 0.0526. The molecule has 3 aromatic rings. The first-order valence-electron chi connectivity index (χ1n) is 7.78. The van der Waals surface area contributed by atoms with Gasteiger partial charge in [0.25, 0.3) is 0 Å². The summed E-state index contributed by atoms with van der Waals surface area (Å²) in [5.41, 5.74) is -2.19. The average Bonchev–Trinajstić information content (AvgIpc) is 2.64. The molecule has 3 nitrogen and oxygen atoms in total. The minimum atomic E-state index is -4.41. The van der Waals surface area contributed by atoms with E-state index in [0.717, 1.165) is 30.3 Å². The fourth-order valence-corrected chi connectivity index (χ4v) is 3.62. The third-order valence-electron chi connectivity index (χ3n) is 4.18. The summed E-state index contributed by atoms with van der Waals surface area (Å²) in [7, 11) is -4.41. The Morgan fingerprint density at radius 2 is 1.36 bits per heavy atom. The van der Waals surface area contributed by atoms with Crippen molar-refractivity contribution >= 4 is 10.0 Å². The lowest BCUT2D eigenvalue weighted by Crippen LogP contribution is -2.14. The van der Waals surface area contributed by atoms with Crippen molar-refractivity contribution in [3.8, 4) is 22.3 Å². The second-order valence-corrected chi connectivity index (χ2v) is 7.54. The predicted octanol–water partition coefficient (Wildman–Crippen LogP) is 4.67. The Hall–Kier alpha value is -2.78. The second kappa shape index (κ2) is 6.99. The van der Waals surface area contributed by atoms with E-state index >= 15 is 0 Å². The zero-order valence-corrected chi connectivity index (χ0v) is 15.0. The Morgan fingerprint density at radius 1 is 0.786 bits per heavy atom. The van der Waals surface area contributed by atoms with Gasteiger partial charge in [-0.2, -0.15) is 0 Å². The van der Waals surface area contributed by atoms with Crippen molar-refractivity contribution in [3.05, 3.63) is 77.1 Å². The van der Waals surface area contributed by atoms with Crippen LogP contribution in [0.4, 0.5) is 22.0 Å². The van der Waals surface area contributed by atoms with Gasteiger partial charge in [-0.1, -0.05) is 24.3 Å². The minimum Gasteiger partial charge on any atom is -0.225 e. The van der Waals surface area contributed by atoms with Crippen LogP contribution in [-0.2, 0) is 10.0 Å². The number of hydrogen-bond donors (Lipinski definition) is 1. The van der Waals surface area contributed by atoms with Crippen LogP contribution in [0.15, 0.2) is 47.4 Å². The van der Waals surface area contributed by atoms with Crippen LogP contribution in [0.2, 0.25) is 0 Å². The van der Waals surface area contributed by atoms with E-state index in [2.05, 4.69) is 0 Å². The molecule has 0 aliphatic rings. The first-order chi connectivity index (χ1) is 13.0. The lowest BCUT2D eigenvalue weighted by molar-refractivity contribution is 0.412. The third-order valence-corrected chi connectivity index (χ3v) is 5.15. The van der Waals surface area contributed by atoms with Gasteiger partial charge in [-0.3, -0.25) is 0 Å². The molecule has 146 valence electrons. The highest BCUT2D eigenvalue weighted by Gasteiger charge is 2.29. The van der Waals surface area contributed by atoms with Crippen molar-refractivity contribution in [1.29, 1.82) is 0 Å². The van der Waals surface area contributed by atoms with Crippen molar-refractivity contribution in [2.75, 3.05) is 0 Å². The van der Waals surface area contributed by atoms with Gasteiger partial charge in [-0.15, -0.1) is 0 Å². The normalized spacial score (nSPS) is 11.7. The quantitative estimate of drug-likeness (QED) is 0.385. The van der Waals surface area contributed by atoms with Crippen molar-refractivity contribution in [2.45, 2.75) is 11.8 Å². The molecule has 0 aromatic heterocycles. The van der Waals surface area contributed by atoms with E-state index in [0.29, 0.717) is 0 Å². The molecule has 0 aliphatic carbocycles. The number of benzene rings is 3. The van der Waals surface area contributed by atoms with E-state index in [-0.39, 0.29) is 11.1 Å². The molecule has 3 rings (SSSR count). The van der Waals surface area contributed by atoms with Crippen LogP contribution in [-0.4, -0.2) is 8.42 Å². The van der Waals surface area contributed by atoms with E-state index in [4.69, 9.17) is 5.14 Å². The zero-order valence-electron chi connectivity index (χ0n) is 14.2. The smallest absolute Gasteiger partial charge is 0.225 e. The maximum Gasteiger partial charge on any atom is 0.238 e. The molecular formula is C19H12F5NO2S. The number of aryl methyl sites for hydroxylation is 1. The van der Waals surface area contributed by atoms with Crippen LogP contribution in [0, 0.1) is 36.0 Å². The molecule has 0 bridgehead atoms. The largest absolute Gasteiger partial charge is 0.238 e. The SMILES string of the molecule is Cc1cc(-c2c(F)c(F)c(F)c(F)c2-c2ccccc2S(N)(=O)=O)ccc1F. The molecule has 0 aliphatic heterocycles. The van der Waals surface area contributed by atoms with Gasteiger partial charge >= 0.3 is 0 Å². The number of primary sulfonamides is 1. The molecule has 0 radical (unpaired) electrons. The Kier molecular flexibility index (Phi) is 4.99. The standard InChI is InChI=1S/C19H12F5NO2S/c1-9-8-10(6-7-12(9)20)14-15(17(22)19(24)18(23)16(14)21)11-4-2-3-5-13(11)28(25,26)27/h2-8H,1H3,(H2,25,26,27). The van der Waals surface area contributed by atoms with E-state index in [1.807, 2.05) is 0 Å². The van der Waals surface area contributed by atoms with Crippen LogP contribution >= 0.6 is 0 Å². The molecule has 0 heterocycles. The van der Waals surface area contributed by atoms with Gasteiger partial charge in [-0.05, 0) is 36.2 Å². The lowest BCUT2D eigenvalue weighted by Gasteiger charge is -2.17. The molecule has 0 saturated heterocycles. The summed E-state index contributed by atoms with van der Waals surface area (Å²) in [5.74, 6) is -8.39. The monoisotopic (exact) mass is 413 g/mol. The molecule has 9 heteroatoms. The van der Waals surface area contributed by atoms with E-state index in [9.17, 15) is 30.4 Å². The highest BCUT2D eigenvalue weighted by Crippen LogP contribution is 2.41. The molecule has 2 N–H and O–H groups in total. The summed E-state index contributed by atoms with van der Waals surface area (Å²) < 4.78 is 94.6.